The number of allylic oxidation sites excluding steroid dienone is 1. The van der Waals surface area contributed by atoms with Crippen molar-refractivity contribution in [3.05, 3.63) is 76.9 Å². The predicted octanol–water partition coefficient (Wildman–Crippen LogP) is 2.34. The van der Waals surface area contributed by atoms with Crippen LogP contribution >= 0.6 is 0 Å². The monoisotopic (exact) mass is 446 g/mol. The van der Waals surface area contributed by atoms with E-state index in [0.29, 0.717) is 11.6 Å². The van der Waals surface area contributed by atoms with E-state index in [1.165, 1.54) is 23.9 Å². The van der Waals surface area contributed by atoms with Gasteiger partial charge < -0.3 is 16.4 Å². The molecule has 1 fully saturated rings. The van der Waals surface area contributed by atoms with Crippen LogP contribution in [0.4, 0.5) is 0 Å². The molecule has 0 aromatic heterocycles. The number of hydroxylamine groups is 1. The lowest BCUT2D eigenvalue weighted by Crippen LogP contribution is -2.61. The number of amides is 2. The molecule has 1 aliphatic carbocycles. The van der Waals surface area contributed by atoms with Gasteiger partial charge in [-0.15, -0.1) is 0 Å². The van der Waals surface area contributed by atoms with Crippen LogP contribution < -0.4 is 21.8 Å². The van der Waals surface area contributed by atoms with E-state index >= 15 is 0 Å². The molecule has 7 nitrogen and oxygen atoms in total. The van der Waals surface area contributed by atoms with Crippen LogP contribution in [0.25, 0.3) is 6.08 Å². The van der Waals surface area contributed by atoms with Crippen LogP contribution in [0.1, 0.15) is 53.7 Å². The lowest BCUT2D eigenvalue weighted by molar-refractivity contribution is -0.132. The summed E-state index contributed by atoms with van der Waals surface area (Å²) in [5.74, 6) is 4.89. The fourth-order valence-electron chi connectivity index (χ4n) is 3.13. The van der Waals surface area contributed by atoms with E-state index in [0.717, 1.165) is 17.7 Å². The van der Waals surface area contributed by atoms with Gasteiger partial charge in [0.05, 0.1) is 0 Å². The Morgan fingerprint density at radius 3 is 2.39 bits per heavy atom. The molecule has 6 N–H and O–H groups in total. The molecule has 1 atom stereocenters. The second kappa shape index (κ2) is 10.9. The lowest BCUT2D eigenvalue weighted by atomic mass is 9.95. The summed E-state index contributed by atoms with van der Waals surface area (Å²) in [7, 11) is 0. The van der Waals surface area contributed by atoms with Crippen molar-refractivity contribution in [2.75, 3.05) is 0 Å². The second-order valence-electron chi connectivity index (χ2n) is 8.78. The summed E-state index contributed by atoms with van der Waals surface area (Å²) in [6.07, 6.45) is 6.17. The minimum Gasteiger partial charge on any atom is -0.338 e. The highest BCUT2D eigenvalue weighted by molar-refractivity contribution is 5.98. The molecule has 0 spiro atoms. The molecule has 0 bridgehead atoms. The molecule has 2 aromatic rings. The molecule has 0 saturated heterocycles. The minimum absolute atomic E-state index is 0.370. The number of carbonyl (C=O) groups is 2. The third kappa shape index (κ3) is 7.58. The van der Waals surface area contributed by atoms with Gasteiger partial charge in [-0.3, -0.25) is 14.8 Å². The van der Waals surface area contributed by atoms with Gasteiger partial charge in [0.2, 0.25) is 0 Å². The number of nitrogens with two attached hydrogens (primary N) is 1. The lowest BCUT2D eigenvalue weighted by Gasteiger charge is -2.29. The molecule has 33 heavy (non-hydrogen) atoms. The number of hydrogen-bond donors (Lipinski definition) is 5. The van der Waals surface area contributed by atoms with Crippen molar-refractivity contribution in [2.24, 2.45) is 5.73 Å². The molecule has 1 saturated carbocycles. The van der Waals surface area contributed by atoms with Gasteiger partial charge in [-0.2, -0.15) is 0 Å². The number of hydrogen-bond acceptors (Lipinski definition) is 5. The largest absolute Gasteiger partial charge is 0.338 e. The molecule has 2 amide bonds. The first kappa shape index (κ1) is 24.2. The van der Waals surface area contributed by atoms with Crippen LogP contribution in [0.15, 0.2) is 54.6 Å². The smallest absolute Gasteiger partial charge is 0.267 e. The molecule has 0 unspecified atom stereocenters. The Balaban J connectivity index is 1.54. The molecule has 0 heterocycles. The zero-order chi connectivity index (χ0) is 23.8. The summed E-state index contributed by atoms with van der Waals surface area (Å²) in [5.41, 5.74) is 9.87. The zero-order valence-corrected chi connectivity index (χ0v) is 18.9. The Morgan fingerprint density at radius 2 is 1.82 bits per heavy atom. The Kier molecular flexibility index (Phi) is 8.01. The van der Waals surface area contributed by atoms with Crippen LogP contribution in [-0.4, -0.2) is 34.6 Å². The highest BCUT2D eigenvalue weighted by atomic mass is 16.5. The van der Waals surface area contributed by atoms with Crippen molar-refractivity contribution in [3.63, 3.8) is 0 Å². The van der Waals surface area contributed by atoms with Crippen LogP contribution in [-0.2, 0) is 11.3 Å². The van der Waals surface area contributed by atoms with Gasteiger partial charge in [-0.05, 0) is 74.2 Å². The fourth-order valence-corrected chi connectivity index (χ4v) is 3.13. The van der Waals surface area contributed by atoms with Crippen molar-refractivity contribution in [1.29, 1.82) is 0 Å². The molecule has 0 aliphatic heterocycles. The van der Waals surface area contributed by atoms with Crippen molar-refractivity contribution in [1.82, 2.24) is 16.1 Å². The summed E-state index contributed by atoms with van der Waals surface area (Å²) in [6.45, 7) is 4.07. The topological polar surface area (TPSA) is 116 Å². The summed E-state index contributed by atoms with van der Waals surface area (Å²) in [4.78, 5) is 24.3. The SMILES string of the molecule is CC(C)(N)[C@H](NC(=O)c1ccc(C=CC#Cc2ccc(CNC3CC3)cc2)cc1)C(=O)NO. The normalized spacial score (nSPS) is 14.3. The van der Waals surface area contributed by atoms with Gasteiger partial charge in [-0.1, -0.05) is 36.1 Å². The van der Waals surface area contributed by atoms with Crippen molar-refractivity contribution in [3.8, 4) is 11.8 Å². The molecule has 0 radical (unpaired) electrons. The van der Waals surface area contributed by atoms with E-state index in [4.69, 9.17) is 10.9 Å². The summed E-state index contributed by atoms with van der Waals surface area (Å²) in [6, 6.07) is 14.7. The van der Waals surface area contributed by atoms with Gasteiger partial charge in [0.25, 0.3) is 11.8 Å². The molecule has 3 rings (SSSR count). The maximum absolute atomic E-state index is 12.5. The van der Waals surface area contributed by atoms with E-state index in [9.17, 15) is 9.59 Å². The van der Waals surface area contributed by atoms with E-state index in [1.807, 2.05) is 18.2 Å². The van der Waals surface area contributed by atoms with Gasteiger partial charge in [0.1, 0.15) is 6.04 Å². The first-order valence-electron chi connectivity index (χ1n) is 10.9. The van der Waals surface area contributed by atoms with E-state index in [-0.39, 0.29) is 0 Å². The van der Waals surface area contributed by atoms with Crippen molar-refractivity contribution in [2.45, 2.75) is 50.9 Å². The van der Waals surface area contributed by atoms with Gasteiger partial charge in [-0.25, -0.2) is 5.48 Å². The van der Waals surface area contributed by atoms with Crippen LogP contribution in [0.5, 0.6) is 0 Å². The Morgan fingerprint density at radius 1 is 1.15 bits per heavy atom. The number of nitrogens with one attached hydrogen (secondary N) is 3. The summed E-state index contributed by atoms with van der Waals surface area (Å²) < 4.78 is 0. The van der Waals surface area contributed by atoms with Gasteiger partial charge in [0.15, 0.2) is 0 Å². The van der Waals surface area contributed by atoms with E-state index in [1.54, 1.807) is 44.2 Å². The molecule has 172 valence electrons. The Bertz CT molecular complexity index is 1050. The summed E-state index contributed by atoms with van der Waals surface area (Å²) >= 11 is 0. The van der Waals surface area contributed by atoms with Crippen LogP contribution in [0.3, 0.4) is 0 Å². The standard InChI is InChI=1S/C26H30N4O3/c1-26(2,27)23(25(32)30-33)29-24(31)21-13-11-19(12-14-21)6-4-3-5-18-7-9-20(10-8-18)17-28-22-15-16-22/h4,6-14,22-23,28,33H,15-17,27H2,1-2H3,(H,29,31)(H,30,32)/t23-/m1/s1. The van der Waals surface area contributed by atoms with Crippen molar-refractivity contribution >= 4 is 17.9 Å². The average Bonchev–Trinajstić information content (AvgIpc) is 3.63. The first-order valence-corrected chi connectivity index (χ1v) is 10.9. The predicted molar refractivity (Wildman–Crippen MR) is 128 cm³/mol. The molecular weight excluding hydrogens is 416 g/mol. The summed E-state index contributed by atoms with van der Waals surface area (Å²) in [5, 5.41) is 14.9. The third-order valence-electron chi connectivity index (χ3n) is 5.27. The van der Waals surface area contributed by atoms with Gasteiger partial charge in [0, 0.05) is 29.3 Å². The molecule has 1 aliphatic rings. The molecule has 2 aromatic carbocycles. The second-order valence-corrected chi connectivity index (χ2v) is 8.78. The van der Waals surface area contributed by atoms with E-state index in [2.05, 4.69) is 34.6 Å². The number of benzene rings is 2. The maximum Gasteiger partial charge on any atom is 0.267 e. The van der Waals surface area contributed by atoms with Crippen molar-refractivity contribution < 1.29 is 14.8 Å². The van der Waals surface area contributed by atoms with Gasteiger partial charge >= 0.3 is 0 Å². The average molecular weight is 447 g/mol. The van der Waals surface area contributed by atoms with Crippen LogP contribution in [0, 0.1) is 11.8 Å². The zero-order valence-electron chi connectivity index (χ0n) is 18.9. The first-order chi connectivity index (χ1) is 15.8. The third-order valence-corrected chi connectivity index (χ3v) is 5.27. The van der Waals surface area contributed by atoms with Crippen LogP contribution in [0.2, 0.25) is 0 Å². The maximum atomic E-state index is 12.5. The highest BCUT2D eigenvalue weighted by Gasteiger charge is 2.33. The quantitative estimate of drug-likeness (QED) is 0.242. The molecular formula is C26H30N4O3. The Labute approximate surface area is 194 Å². The number of carbonyl (C=O) groups excluding carboxylic acids is 2. The minimum atomic E-state index is -1.09. The fraction of sp³-hybridized carbons (Fsp3) is 0.308. The molecule has 7 heteroatoms. The van der Waals surface area contributed by atoms with E-state index < -0.39 is 23.4 Å². The highest BCUT2D eigenvalue weighted by Crippen LogP contribution is 2.19. The Hall–Kier alpha value is -3.44. The number of rotatable bonds is 8.